The Morgan fingerprint density at radius 3 is 2.78 bits per heavy atom. The lowest BCUT2D eigenvalue weighted by Gasteiger charge is -2.28. The molecule has 4 rings (SSSR count). The van der Waals surface area contributed by atoms with Crippen molar-refractivity contribution in [2.45, 2.75) is 50.5 Å². The van der Waals surface area contributed by atoms with Crippen LogP contribution in [-0.2, 0) is 16.0 Å². The predicted octanol–water partition coefficient (Wildman–Crippen LogP) is 2.60. The Morgan fingerprint density at radius 2 is 2.11 bits per heavy atom. The van der Waals surface area contributed by atoms with Gasteiger partial charge in [-0.2, -0.15) is 0 Å². The van der Waals surface area contributed by atoms with Gasteiger partial charge in [0.1, 0.15) is 5.54 Å². The molecule has 0 unspecified atom stereocenters. The molecule has 1 aromatic rings. The van der Waals surface area contributed by atoms with Crippen molar-refractivity contribution < 1.29 is 14.4 Å². The summed E-state index contributed by atoms with van der Waals surface area (Å²) in [6, 6.07) is 5.49. The van der Waals surface area contributed by atoms with Crippen LogP contribution in [0.3, 0.4) is 0 Å². The summed E-state index contributed by atoms with van der Waals surface area (Å²) in [5.41, 5.74) is 1.54. The molecule has 2 heterocycles. The van der Waals surface area contributed by atoms with E-state index in [-0.39, 0.29) is 30.1 Å². The Morgan fingerprint density at radius 1 is 1.33 bits per heavy atom. The van der Waals surface area contributed by atoms with Crippen molar-refractivity contribution >= 4 is 29.4 Å². The topological polar surface area (TPSA) is 78.5 Å². The summed E-state index contributed by atoms with van der Waals surface area (Å²) in [7, 11) is 0. The minimum Gasteiger partial charge on any atom is -0.342 e. The zero-order valence-electron chi connectivity index (χ0n) is 15.4. The van der Waals surface area contributed by atoms with Crippen molar-refractivity contribution in [3.63, 3.8) is 0 Å². The first-order valence-electron chi connectivity index (χ1n) is 9.59. The van der Waals surface area contributed by atoms with E-state index in [1.165, 1.54) is 11.1 Å². The van der Waals surface area contributed by atoms with Crippen LogP contribution in [0.2, 0.25) is 5.02 Å². The van der Waals surface area contributed by atoms with Gasteiger partial charge in [0.2, 0.25) is 5.91 Å². The fourth-order valence-corrected chi connectivity index (χ4v) is 4.65. The number of imide groups is 1. The molecule has 6 nitrogen and oxygen atoms in total. The summed E-state index contributed by atoms with van der Waals surface area (Å²) >= 11 is 6.14. The predicted molar refractivity (Wildman–Crippen MR) is 102 cm³/mol. The van der Waals surface area contributed by atoms with E-state index in [2.05, 4.69) is 17.6 Å². The summed E-state index contributed by atoms with van der Waals surface area (Å²) in [5, 5.41) is 5.85. The normalized spacial score (nSPS) is 27.6. The molecule has 0 radical (unpaired) electrons. The molecule has 144 valence electrons. The second kappa shape index (κ2) is 6.82. The minimum atomic E-state index is -0.902. The number of urea groups is 1. The number of carbonyl (C=O) groups is 3. The summed E-state index contributed by atoms with van der Waals surface area (Å²) in [5.74, 6) is 0.104. The van der Waals surface area contributed by atoms with E-state index < -0.39 is 11.6 Å². The van der Waals surface area contributed by atoms with Gasteiger partial charge < -0.3 is 10.2 Å². The van der Waals surface area contributed by atoms with Gasteiger partial charge >= 0.3 is 6.03 Å². The molecule has 2 fully saturated rings. The molecule has 0 bridgehead atoms. The van der Waals surface area contributed by atoms with Crippen LogP contribution in [0.4, 0.5) is 4.79 Å². The molecule has 0 aromatic heterocycles. The van der Waals surface area contributed by atoms with E-state index in [0.29, 0.717) is 19.5 Å². The fraction of sp³-hybridized carbons (Fsp3) is 0.550. The van der Waals surface area contributed by atoms with Crippen LogP contribution in [0.5, 0.6) is 0 Å². The average molecular weight is 390 g/mol. The lowest BCUT2D eigenvalue weighted by atomic mass is 9.87. The molecule has 2 aliphatic heterocycles. The van der Waals surface area contributed by atoms with Crippen molar-refractivity contribution in [1.29, 1.82) is 0 Å². The van der Waals surface area contributed by atoms with Crippen molar-refractivity contribution in [3.05, 3.63) is 34.3 Å². The molecule has 0 spiro atoms. The van der Waals surface area contributed by atoms with Gasteiger partial charge in [0.15, 0.2) is 0 Å². The molecule has 2 atom stereocenters. The summed E-state index contributed by atoms with van der Waals surface area (Å²) < 4.78 is 0. The Balaban J connectivity index is 1.43. The highest BCUT2D eigenvalue weighted by molar-refractivity contribution is 6.30. The van der Waals surface area contributed by atoms with Crippen LogP contribution >= 0.6 is 11.6 Å². The van der Waals surface area contributed by atoms with Gasteiger partial charge in [0.25, 0.3) is 5.91 Å². The molecule has 3 aliphatic rings. The Kier molecular flexibility index (Phi) is 4.62. The first kappa shape index (κ1) is 18.3. The van der Waals surface area contributed by atoms with Crippen LogP contribution < -0.4 is 10.6 Å². The number of rotatable bonds is 4. The summed E-state index contributed by atoms with van der Waals surface area (Å²) in [6.45, 7) is 3.41. The summed E-state index contributed by atoms with van der Waals surface area (Å²) in [6.07, 6.45) is 3.25. The van der Waals surface area contributed by atoms with E-state index in [9.17, 15) is 14.4 Å². The molecule has 2 N–H and O–H groups in total. The quantitative estimate of drug-likeness (QED) is 0.777. The van der Waals surface area contributed by atoms with Gasteiger partial charge in [-0.05, 0) is 60.8 Å². The lowest BCUT2D eigenvalue weighted by molar-refractivity contribution is -0.132. The van der Waals surface area contributed by atoms with Crippen LogP contribution in [0.25, 0.3) is 0 Å². The minimum absolute atomic E-state index is 0.0368. The maximum absolute atomic E-state index is 12.9. The molecule has 1 saturated carbocycles. The second-order valence-electron chi connectivity index (χ2n) is 7.99. The van der Waals surface area contributed by atoms with E-state index in [0.717, 1.165) is 24.3 Å². The highest BCUT2D eigenvalue weighted by Gasteiger charge is 2.55. The Labute approximate surface area is 163 Å². The van der Waals surface area contributed by atoms with Crippen molar-refractivity contribution in [1.82, 2.24) is 15.5 Å². The van der Waals surface area contributed by atoms with E-state index in [1.807, 2.05) is 23.1 Å². The third kappa shape index (κ3) is 3.43. The number of amides is 4. The molecule has 4 amide bonds. The van der Waals surface area contributed by atoms with Gasteiger partial charge in [0, 0.05) is 24.5 Å². The second-order valence-corrected chi connectivity index (χ2v) is 8.42. The maximum Gasteiger partial charge on any atom is 0.322 e. The van der Waals surface area contributed by atoms with Gasteiger partial charge in [0.05, 0.1) is 0 Å². The fourth-order valence-electron chi connectivity index (χ4n) is 4.47. The van der Waals surface area contributed by atoms with Gasteiger partial charge in [-0.15, -0.1) is 0 Å². The first-order chi connectivity index (χ1) is 12.9. The smallest absolute Gasteiger partial charge is 0.322 e. The first-order valence-corrected chi connectivity index (χ1v) is 9.96. The van der Waals surface area contributed by atoms with Crippen LogP contribution in [0, 0.1) is 5.92 Å². The lowest BCUT2D eigenvalue weighted by Crippen LogP contribution is -2.50. The third-order valence-corrected chi connectivity index (χ3v) is 6.35. The molecule has 1 aromatic carbocycles. The Hall–Kier alpha value is -2.08. The number of fused-ring (bicyclic) bond motifs is 1. The van der Waals surface area contributed by atoms with Crippen molar-refractivity contribution in [2.75, 3.05) is 13.1 Å². The van der Waals surface area contributed by atoms with E-state index >= 15 is 0 Å². The zero-order valence-corrected chi connectivity index (χ0v) is 16.1. The highest BCUT2D eigenvalue weighted by atomic mass is 35.5. The number of carbonyl (C=O) groups excluding carboxylic acids is 3. The molecule has 27 heavy (non-hydrogen) atoms. The molecule has 7 heteroatoms. The zero-order chi connectivity index (χ0) is 19.2. The average Bonchev–Trinajstić information content (AvgIpc) is 3.44. The number of halogens is 1. The van der Waals surface area contributed by atoms with Crippen LogP contribution in [0.15, 0.2) is 18.2 Å². The van der Waals surface area contributed by atoms with Gasteiger partial charge in [-0.3, -0.25) is 14.9 Å². The maximum atomic E-state index is 12.9. The Bertz CT molecular complexity index is 808. The van der Waals surface area contributed by atoms with E-state index in [1.54, 1.807) is 0 Å². The monoisotopic (exact) mass is 389 g/mol. The standard InChI is InChI=1S/C20H24ClN3O3/c1-12-11-24(9-7-13-2-5-15(21)10-16(12)13)17(25)6-8-20(14-3-4-14)18(26)22-19(27)23-20/h2,5,10,12,14H,3-4,6-9,11H2,1H3,(H2,22,23,26,27)/t12-,20-/m0/s1. The van der Waals surface area contributed by atoms with Gasteiger partial charge in [-0.1, -0.05) is 24.6 Å². The number of benzene rings is 1. The largest absolute Gasteiger partial charge is 0.342 e. The number of hydrogen-bond donors (Lipinski definition) is 2. The van der Waals surface area contributed by atoms with Crippen molar-refractivity contribution in [2.24, 2.45) is 5.92 Å². The van der Waals surface area contributed by atoms with Crippen LogP contribution in [-0.4, -0.2) is 41.4 Å². The number of nitrogens with zero attached hydrogens (tertiary/aromatic N) is 1. The summed E-state index contributed by atoms with van der Waals surface area (Å²) in [4.78, 5) is 38.8. The highest BCUT2D eigenvalue weighted by Crippen LogP contribution is 2.44. The molecule has 1 aliphatic carbocycles. The SMILES string of the molecule is C[C@H]1CN(C(=O)CC[C@@]2(C3CC3)NC(=O)NC2=O)CCc2ccc(Cl)cc21. The third-order valence-electron chi connectivity index (χ3n) is 6.11. The van der Waals surface area contributed by atoms with Crippen molar-refractivity contribution in [3.8, 4) is 0 Å². The number of hydrogen-bond acceptors (Lipinski definition) is 3. The van der Waals surface area contributed by atoms with Crippen LogP contribution in [0.1, 0.15) is 49.7 Å². The van der Waals surface area contributed by atoms with Gasteiger partial charge in [-0.25, -0.2) is 4.79 Å². The molecular weight excluding hydrogens is 366 g/mol. The van der Waals surface area contributed by atoms with E-state index in [4.69, 9.17) is 11.6 Å². The molecule has 1 saturated heterocycles. The molecular formula is C20H24ClN3O3. The number of nitrogens with one attached hydrogen (secondary N) is 2.